The fraction of sp³-hybridized carbons (Fsp3) is 0.273. The fourth-order valence-corrected chi connectivity index (χ4v) is 8.48. The van der Waals surface area contributed by atoms with Gasteiger partial charge in [-0.25, -0.2) is 13.4 Å². The standard InChI is InChI=1S/C22H19Cl2N3O4S3/c23-14-6-7-16-18(12-14)32-22(25-16)26(13-15-4-3-11-31-15)21(28)17-5-1-2-10-27(17)34(29,30)20-9-8-19(24)33-20/h3-4,6-9,11-12,17H,1-2,5,10,13H2. The van der Waals surface area contributed by atoms with Crippen molar-refractivity contribution in [1.29, 1.82) is 0 Å². The zero-order chi connectivity index (χ0) is 23.9. The maximum absolute atomic E-state index is 14.0. The SMILES string of the molecule is O=C(C1CCCCN1S(=O)(=O)c1ccc(Cl)s1)N(Cc1ccco1)c1nc2ccc(Cl)cc2s1. The maximum Gasteiger partial charge on any atom is 0.253 e. The molecule has 4 aromatic rings. The van der Waals surface area contributed by atoms with Gasteiger partial charge in [0, 0.05) is 11.6 Å². The monoisotopic (exact) mass is 555 g/mol. The van der Waals surface area contributed by atoms with Crippen molar-refractivity contribution in [1.82, 2.24) is 9.29 Å². The molecule has 1 unspecified atom stereocenters. The van der Waals surface area contributed by atoms with Crippen molar-refractivity contribution in [3.63, 3.8) is 0 Å². The average molecular weight is 557 g/mol. The van der Waals surface area contributed by atoms with Gasteiger partial charge in [0.05, 0.1) is 27.4 Å². The number of thiazole rings is 1. The van der Waals surface area contributed by atoms with Crippen LogP contribution in [0.15, 0.2) is 57.4 Å². The van der Waals surface area contributed by atoms with Crippen LogP contribution in [0.25, 0.3) is 10.2 Å². The highest BCUT2D eigenvalue weighted by atomic mass is 35.5. The summed E-state index contributed by atoms with van der Waals surface area (Å²) in [5.41, 5.74) is 0.711. The van der Waals surface area contributed by atoms with Gasteiger partial charge in [-0.3, -0.25) is 9.69 Å². The summed E-state index contributed by atoms with van der Waals surface area (Å²) < 4.78 is 35.0. The van der Waals surface area contributed by atoms with E-state index in [2.05, 4.69) is 4.98 Å². The van der Waals surface area contributed by atoms with Crippen LogP contribution in [0.3, 0.4) is 0 Å². The molecular weight excluding hydrogens is 537 g/mol. The molecule has 12 heteroatoms. The van der Waals surface area contributed by atoms with Gasteiger partial charge < -0.3 is 4.42 Å². The van der Waals surface area contributed by atoms with Gasteiger partial charge in [0.15, 0.2) is 5.13 Å². The largest absolute Gasteiger partial charge is 0.467 e. The Morgan fingerprint density at radius 3 is 2.76 bits per heavy atom. The Bertz CT molecular complexity index is 1430. The van der Waals surface area contributed by atoms with Crippen LogP contribution >= 0.6 is 45.9 Å². The number of nitrogens with zero attached hydrogens (tertiary/aromatic N) is 3. The zero-order valence-corrected chi connectivity index (χ0v) is 21.6. The van der Waals surface area contributed by atoms with E-state index in [9.17, 15) is 13.2 Å². The van der Waals surface area contributed by atoms with E-state index in [1.165, 1.54) is 32.9 Å². The van der Waals surface area contributed by atoms with E-state index in [0.29, 0.717) is 38.6 Å². The average Bonchev–Trinajstić information content (AvgIpc) is 3.58. The second-order valence-electron chi connectivity index (χ2n) is 7.80. The van der Waals surface area contributed by atoms with E-state index >= 15 is 0 Å². The summed E-state index contributed by atoms with van der Waals surface area (Å²) in [6, 6.07) is 11.0. The number of halogens is 2. The Labute approximate surface area is 214 Å². The summed E-state index contributed by atoms with van der Waals surface area (Å²) in [6.07, 6.45) is 3.38. The molecule has 0 bridgehead atoms. The number of piperidine rings is 1. The number of fused-ring (bicyclic) bond motifs is 1. The highest BCUT2D eigenvalue weighted by molar-refractivity contribution is 7.91. The zero-order valence-electron chi connectivity index (χ0n) is 17.7. The lowest BCUT2D eigenvalue weighted by Crippen LogP contribution is -2.52. The first kappa shape index (κ1) is 23.8. The van der Waals surface area contributed by atoms with Gasteiger partial charge in [-0.1, -0.05) is 41.0 Å². The van der Waals surface area contributed by atoms with Gasteiger partial charge in [-0.2, -0.15) is 4.31 Å². The highest BCUT2D eigenvalue weighted by Crippen LogP contribution is 2.35. The number of carbonyl (C=O) groups excluding carboxylic acids is 1. The number of anilines is 1. The van der Waals surface area contributed by atoms with Crippen LogP contribution in [0.4, 0.5) is 5.13 Å². The first-order valence-corrected chi connectivity index (χ1v) is 14.3. The molecule has 34 heavy (non-hydrogen) atoms. The van der Waals surface area contributed by atoms with Crippen LogP contribution < -0.4 is 4.90 Å². The van der Waals surface area contributed by atoms with E-state index < -0.39 is 16.1 Å². The Morgan fingerprint density at radius 2 is 2.03 bits per heavy atom. The molecule has 1 aliphatic heterocycles. The van der Waals surface area contributed by atoms with E-state index in [1.807, 2.05) is 0 Å². The predicted molar refractivity (Wildman–Crippen MR) is 135 cm³/mol. The summed E-state index contributed by atoms with van der Waals surface area (Å²) in [7, 11) is -3.88. The lowest BCUT2D eigenvalue weighted by atomic mass is 10.0. The lowest BCUT2D eigenvalue weighted by molar-refractivity contribution is -0.123. The lowest BCUT2D eigenvalue weighted by Gasteiger charge is -2.35. The molecule has 0 spiro atoms. The Hall–Kier alpha value is -1.95. The van der Waals surface area contributed by atoms with Crippen LogP contribution in [0.2, 0.25) is 9.36 Å². The van der Waals surface area contributed by atoms with Gasteiger partial charge in [-0.05, 0) is 55.3 Å². The quantitative estimate of drug-likeness (QED) is 0.290. The summed E-state index contributed by atoms with van der Waals surface area (Å²) >= 11 is 14.5. The molecule has 7 nitrogen and oxygen atoms in total. The van der Waals surface area contributed by atoms with Crippen molar-refractivity contribution in [3.05, 3.63) is 63.8 Å². The summed E-state index contributed by atoms with van der Waals surface area (Å²) in [4.78, 5) is 20.1. The molecule has 4 heterocycles. The van der Waals surface area contributed by atoms with Crippen molar-refractivity contribution >= 4 is 77.2 Å². The number of carbonyl (C=O) groups is 1. The molecule has 0 N–H and O–H groups in total. The molecule has 1 aliphatic rings. The van der Waals surface area contributed by atoms with Gasteiger partial charge in [0.1, 0.15) is 16.0 Å². The molecule has 0 aliphatic carbocycles. The minimum absolute atomic E-state index is 0.129. The first-order valence-electron chi connectivity index (χ1n) is 10.5. The number of hydrogen-bond donors (Lipinski definition) is 0. The fourth-order valence-electron chi connectivity index (χ4n) is 3.97. The molecular formula is C22H19Cl2N3O4S3. The molecule has 3 aromatic heterocycles. The van der Waals surface area contributed by atoms with Gasteiger partial charge in [0.25, 0.3) is 10.0 Å². The number of rotatable bonds is 6. The molecule has 1 aromatic carbocycles. The first-order chi connectivity index (χ1) is 16.3. The van der Waals surface area contributed by atoms with Gasteiger partial charge in [-0.15, -0.1) is 11.3 Å². The predicted octanol–water partition coefficient (Wildman–Crippen LogP) is 6.03. The van der Waals surface area contributed by atoms with Crippen molar-refractivity contribution in [2.45, 2.75) is 36.1 Å². The molecule has 0 saturated carbocycles. The van der Waals surface area contributed by atoms with Crippen LogP contribution in [-0.2, 0) is 21.4 Å². The van der Waals surface area contributed by atoms with Crippen molar-refractivity contribution < 1.29 is 17.6 Å². The van der Waals surface area contributed by atoms with E-state index in [1.54, 1.807) is 36.4 Å². The normalized spacial score (nSPS) is 17.3. The van der Waals surface area contributed by atoms with Crippen molar-refractivity contribution in [3.8, 4) is 0 Å². The molecule has 0 radical (unpaired) electrons. The molecule has 1 atom stereocenters. The van der Waals surface area contributed by atoms with Crippen LogP contribution in [0.5, 0.6) is 0 Å². The highest BCUT2D eigenvalue weighted by Gasteiger charge is 2.41. The second-order valence-corrected chi connectivity index (χ2v) is 13.1. The number of amides is 1. The number of furan rings is 1. The van der Waals surface area contributed by atoms with E-state index in [4.69, 9.17) is 27.6 Å². The maximum atomic E-state index is 14.0. The van der Waals surface area contributed by atoms with Crippen LogP contribution in [0, 0.1) is 0 Å². The number of benzene rings is 1. The van der Waals surface area contributed by atoms with Gasteiger partial charge in [0.2, 0.25) is 5.91 Å². The number of aromatic nitrogens is 1. The number of hydrogen-bond acceptors (Lipinski definition) is 7. The van der Waals surface area contributed by atoms with Crippen molar-refractivity contribution in [2.24, 2.45) is 0 Å². The molecule has 5 rings (SSSR count). The minimum atomic E-state index is -3.88. The molecule has 1 saturated heterocycles. The van der Waals surface area contributed by atoms with Gasteiger partial charge >= 0.3 is 0 Å². The topological polar surface area (TPSA) is 83.7 Å². The number of sulfonamides is 1. The minimum Gasteiger partial charge on any atom is -0.467 e. The third-order valence-corrected chi connectivity index (χ3v) is 10.5. The summed E-state index contributed by atoms with van der Waals surface area (Å²) in [5, 5.41) is 1.03. The summed E-state index contributed by atoms with van der Waals surface area (Å²) in [6.45, 7) is 0.396. The Morgan fingerprint density at radius 1 is 1.18 bits per heavy atom. The Kier molecular flexibility index (Phi) is 6.71. The number of thiophene rings is 1. The van der Waals surface area contributed by atoms with E-state index in [0.717, 1.165) is 22.5 Å². The smallest absolute Gasteiger partial charge is 0.253 e. The third kappa shape index (κ3) is 4.62. The third-order valence-electron chi connectivity index (χ3n) is 5.58. The summed E-state index contributed by atoms with van der Waals surface area (Å²) in [5.74, 6) is 0.230. The van der Waals surface area contributed by atoms with Crippen molar-refractivity contribution in [2.75, 3.05) is 11.4 Å². The molecule has 1 fully saturated rings. The molecule has 178 valence electrons. The Balaban J connectivity index is 1.53. The second kappa shape index (κ2) is 9.60. The van der Waals surface area contributed by atoms with Crippen LogP contribution in [-0.4, -0.2) is 36.2 Å². The van der Waals surface area contributed by atoms with E-state index in [-0.39, 0.29) is 23.2 Å². The van der Waals surface area contributed by atoms with Crippen LogP contribution in [0.1, 0.15) is 25.0 Å². The molecule has 1 amide bonds.